The Labute approximate surface area is 136 Å². The first-order chi connectivity index (χ1) is 8.59. The molecule has 18 heavy (non-hydrogen) atoms. The molecule has 0 heterocycles. The molecule has 0 fully saturated rings. The zero-order valence-corrected chi connectivity index (χ0v) is 15.8. The van der Waals surface area contributed by atoms with E-state index in [0.29, 0.717) is 0 Å². The number of alkyl halides is 2. The average molecular weight is 441 g/mol. The Morgan fingerprint density at radius 3 is 2.28 bits per heavy atom. The van der Waals surface area contributed by atoms with Crippen molar-refractivity contribution >= 4 is 47.8 Å². The van der Waals surface area contributed by atoms with Crippen LogP contribution in [0.3, 0.4) is 0 Å². The van der Waals surface area contributed by atoms with Crippen LogP contribution in [-0.2, 0) is 5.41 Å². The molecule has 0 bridgehead atoms. The third-order valence-electron chi connectivity index (χ3n) is 3.48. The molecule has 1 aromatic carbocycles. The van der Waals surface area contributed by atoms with E-state index < -0.39 is 0 Å². The van der Waals surface area contributed by atoms with Gasteiger partial charge in [-0.3, -0.25) is 0 Å². The minimum atomic E-state index is 0.175. The first kappa shape index (κ1) is 16.7. The Morgan fingerprint density at radius 2 is 1.78 bits per heavy atom. The van der Waals surface area contributed by atoms with Crippen molar-refractivity contribution in [2.75, 3.05) is 10.7 Å². The molecular weight excluding hydrogens is 420 g/mol. The van der Waals surface area contributed by atoms with Crippen LogP contribution in [-0.4, -0.2) is 10.7 Å². The minimum Gasteiger partial charge on any atom is -0.0918 e. The highest BCUT2D eigenvalue weighted by molar-refractivity contribution is 9.10. The normalized spacial score (nSPS) is 13.6. The van der Waals surface area contributed by atoms with Gasteiger partial charge in [0.2, 0.25) is 0 Å². The maximum Gasteiger partial charge on any atom is 0.0213 e. The van der Waals surface area contributed by atoms with Crippen LogP contribution in [0.15, 0.2) is 28.7 Å². The van der Waals surface area contributed by atoms with E-state index >= 15 is 0 Å². The third-order valence-corrected chi connectivity index (χ3v) is 6.32. The fraction of sp³-hybridized carbons (Fsp3) is 0.600. The van der Waals surface area contributed by atoms with Crippen LogP contribution in [0.25, 0.3) is 0 Å². The average Bonchev–Trinajstić information content (AvgIpc) is 2.37. The van der Waals surface area contributed by atoms with Crippen LogP contribution >= 0.6 is 47.8 Å². The Morgan fingerprint density at radius 1 is 1.17 bits per heavy atom. The van der Waals surface area contributed by atoms with Gasteiger partial charge in [0.05, 0.1) is 0 Å². The van der Waals surface area contributed by atoms with Gasteiger partial charge in [-0.25, -0.2) is 0 Å². The summed E-state index contributed by atoms with van der Waals surface area (Å²) in [5, 5.41) is 1.98. The molecule has 1 atom stereocenters. The zero-order valence-electron chi connectivity index (χ0n) is 11.1. The molecule has 0 aromatic heterocycles. The summed E-state index contributed by atoms with van der Waals surface area (Å²) in [6.45, 7) is 4.62. The molecule has 0 aliphatic rings. The van der Waals surface area contributed by atoms with Crippen molar-refractivity contribution in [1.29, 1.82) is 0 Å². The van der Waals surface area contributed by atoms with E-state index in [0.717, 1.165) is 16.6 Å². The van der Waals surface area contributed by atoms with Crippen molar-refractivity contribution in [3.05, 3.63) is 34.3 Å². The van der Waals surface area contributed by atoms with E-state index in [-0.39, 0.29) is 5.41 Å². The lowest BCUT2D eigenvalue weighted by Gasteiger charge is -2.34. The second-order valence-electron chi connectivity index (χ2n) is 5.13. The van der Waals surface area contributed by atoms with Crippen molar-refractivity contribution in [1.82, 2.24) is 0 Å². The molecule has 0 saturated carbocycles. The first-order valence-electron chi connectivity index (χ1n) is 6.46. The lowest BCUT2D eigenvalue weighted by molar-refractivity contribution is 0.373. The maximum atomic E-state index is 3.73. The van der Waals surface area contributed by atoms with E-state index in [4.69, 9.17) is 0 Å². The lowest BCUT2D eigenvalue weighted by Crippen LogP contribution is -2.33. The standard InChI is InChI=1S/C15H21Br3/c1-3-6-12(2)9-15(10-16,11-17)13-7-4-5-8-14(13)18/h4-5,7-8,12H,3,6,9-11H2,1-2H3. The van der Waals surface area contributed by atoms with Gasteiger partial charge in [-0.15, -0.1) is 0 Å². The SMILES string of the molecule is CCCC(C)CC(CBr)(CBr)c1ccccc1Br. The highest BCUT2D eigenvalue weighted by atomic mass is 79.9. The van der Waals surface area contributed by atoms with Crippen LogP contribution in [0.1, 0.15) is 38.7 Å². The minimum absolute atomic E-state index is 0.175. The molecule has 0 N–H and O–H groups in total. The number of benzene rings is 1. The molecule has 1 rings (SSSR count). The number of rotatable bonds is 7. The van der Waals surface area contributed by atoms with Gasteiger partial charge in [0.1, 0.15) is 0 Å². The van der Waals surface area contributed by atoms with E-state index in [1.54, 1.807) is 0 Å². The summed E-state index contributed by atoms with van der Waals surface area (Å²) >= 11 is 11.2. The molecule has 1 unspecified atom stereocenters. The van der Waals surface area contributed by atoms with Gasteiger partial charge >= 0.3 is 0 Å². The molecule has 0 aliphatic heterocycles. The summed E-state index contributed by atoms with van der Waals surface area (Å²) in [6, 6.07) is 8.59. The Balaban J connectivity index is 3.03. The third kappa shape index (κ3) is 4.08. The molecule has 1 aromatic rings. The van der Waals surface area contributed by atoms with Crippen LogP contribution in [0.5, 0.6) is 0 Å². The quantitative estimate of drug-likeness (QED) is 0.436. The van der Waals surface area contributed by atoms with Gasteiger partial charge in [-0.2, -0.15) is 0 Å². The predicted molar refractivity (Wildman–Crippen MR) is 92.1 cm³/mol. The Bertz CT molecular complexity index is 359. The summed E-state index contributed by atoms with van der Waals surface area (Å²) < 4.78 is 1.22. The summed E-state index contributed by atoms with van der Waals surface area (Å²) in [6.07, 6.45) is 3.77. The molecule has 0 spiro atoms. The number of hydrogen-bond acceptors (Lipinski definition) is 0. The second kappa shape index (κ2) is 8.06. The van der Waals surface area contributed by atoms with Gasteiger partial charge in [0.25, 0.3) is 0 Å². The lowest BCUT2D eigenvalue weighted by atomic mass is 9.76. The van der Waals surface area contributed by atoms with Crippen molar-refractivity contribution in [3.63, 3.8) is 0 Å². The van der Waals surface area contributed by atoms with Crippen LogP contribution in [0.4, 0.5) is 0 Å². The molecule has 0 amide bonds. The second-order valence-corrected chi connectivity index (χ2v) is 7.10. The Hall–Kier alpha value is 0.660. The van der Waals surface area contributed by atoms with E-state index in [2.05, 4.69) is 85.9 Å². The van der Waals surface area contributed by atoms with E-state index in [1.165, 1.54) is 29.3 Å². The fourth-order valence-electron chi connectivity index (χ4n) is 2.55. The van der Waals surface area contributed by atoms with Crippen LogP contribution in [0, 0.1) is 5.92 Å². The molecule has 0 nitrogen and oxygen atoms in total. The molecule has 102 valence electrons. The van der Waals surface area contributed by atoms with Crippen LogP contribution < -0.4 is 0 Å². The molecule has 0 aliphatic carbocycles. The smallest absolute Gasteiger partial charge is 0.0213 e. The number of halogens is 3. The number of hydrogen-bond donors (Lipinski definition) is 0. The zero-order chi connectivity index (χ0) is 13.6. The predicted octanol–water partition coefficient (Wildman–Crippen LogP) is 6.30. The van der Waals surface area contributed by atoms with Gasteiger partial charge in [-0.05, 0) is 24.0 Å². The molecule has 3 heteroatoms. The molecule has 0 saturated heterocycles. The first-order valence-corrected chi connectivity index (χ1v) is 9.50. The maximum absolute atomic E-state index is 3.73. The van der Waals surface area contributed by atoms with E-state index in [1.807, 2.05) is 0 Å². The van der Waals surface area contributed by atoms with Gasteiger partial charge in [0.15, 0.2) is 0 Å². The molecule has 0 radical (unpaired) electrons. The van der Waals surface area contributed by atoms with Gasteiger partial charge in [0, 0.05) is 20.5 Å². The largest absolute Gasteiger partial charge is 0.0918 e. The monoisotopic (exact) mass is 438 g/mol. The summed E-state index contributed by atoms with van der Waals surface area (Å²) in [4.78, 5) is 0. The highest BCUT2D eigenvalue weighted by Gasteiger charge is 2.33. The van der Waals surface area contributed by atoms with E-state index in [9.17, 15) is 0 Å². The summed E-state index contributed by atoms with van der Waals surface area (Å²) in [7, 11) is 0. The Kier molecular flexibility index (Phi) is 7.48. The molecular formula is C15H21Br3. The van der Waals surface area contributed by atoms with Crippen molar-refractivity contribution in [2.45, 2.75) is 38.5 Å². The highest BCUT2D eigenvalue weighted by Crippen LogP contribution is 2.39. The van der Waals surface area contributed by atoms with Crippen molar-refractivity contribution in [3.8, 4) is 0 Å². The van der Waals surface area contributed by atoms with Crippen molar-refractivity contribution < 1.29 is 0 Å². The van der Waals surface area contributed by atoms with Crippen LogP contribution in [0.2, 0.25) is 0 Å². The van der Waals surface area contributed by atoms with Gasteiger partial charge < -0.3 is 0 Å². The topological polar surface area (TPSA) is 0 Å². The summed E-state index contributed by atoms with van der Waals surface area (Å²) in [5.74, 6) is 0.747. The summed E-state index contributed by atoms with van der Waals surface area (Å²) in [5.41, 5.74) is 1.58. The van der Waals surface area contributed by atoms with Crippen molar-refractivity contribution in [2.24, 2.45) is 5.92 Å². The fourth-order valence-corrected chi connectivity index (χ4v) is 5.25. The van der Waals surface area contributed by atoms with Gasteiger partial charge in [-0.1, -0.05) is 92.7 Å².